The first-order valence-corrected chi connectivity index (χ1v) is 12.2. The lowest BCUT2D eigenvalue weighted by molar-refractivity contribution is -0.130. The van der Waals surface area contributed by atoms with E-state index in [2.05, 4.69) is 5.32 Å². The van der Waals surface area contributed by atoms with Crippen molar-refractivity contribution in [2.24, 2.45) is 0 Å². The average Bonchev–Trinajstić information content (AvgIpc) is 2.94. The van der Waals surface area contributed by atoms with E-state index < -0.39 is 17.8 Å². The third-order valence-corrected chi connectivity index (χ3v) is 5.58. The molecule has 0 aromatic heterocycles. The second-order valence-corrected chi connectivity index (χ2v) is 8.57. The van der Waals surface area contributed by atoms with Gasteiger partial charge >= 0.3 is 0 Å². The highest BCUT2D eigenvalue weighted by Gasteiger charge is 2.22. The molecule has 6 nitrogen and oxygen atoms in total. The first-order valence-electron chi connectivity index (χ1n) is 12.2. The van der Waals surface area contributed by atoms with Crippen molar-refractivity contribution in [2.45, 2.75) is 19.1 Å². The van der Waals surface area contributed by atoms with Gasteiger partial charge in [-0.1, -0.05) is 60.7 Å². The molecule has 0 aliphatic carbocycles. The van der Waals surface area contributed by atoms with Crippen molar-refractivity contribution in [3.8, 4) is 17.2 Å². The van der Waals surface area contributed by atoms with Crippen LogP contribution in [-0.4, -0.2) is 30.9 Å². The molecule has 7 heteroatoms. The molecule has 1 amide bonds. The van der Waals surface area contributed by atoms with Crippen LogP contribution in [0.2, 0.25) is 0 Å². The van der Waals surface area contributed by atoms with Gasteiger partial charge in [0, 0.05) is 6.42 Å². The molecule has 4 aromatic rings. The number of halogens is 1. The minimum atomic E-state index is -0.872. The van der Waals surface area contributed by atoms with Crippen molar-refractivity contribution in [3.05, 3.63) is 126 Å². The molecule has 0 bridgehead atoms. The highest BCUT2D eigenvalue weighted by atomic mass is 19.1. The number of carbonyl (C=O) groups is 2. The lowest BCUT2D eigenvalue weighted by Gasteiger charge is -2.18. The third-order valence-electron chi connectivity index (χ3n) is 5.58. The number of nitrogens with one attached hydrogen (secondary N) is 1. The molecule has 1 unspecified atom stereocenters. The van der Waals surface area contributed by atoms with E-state index in [0.29, 0.717) is 18.1 Å². The second kappa shape index (κ2) is 13.7. The molecule has 0 radical (unpaired) electrons. The standard InChI is InChI=1S/C31H28FNO5/c32-25-13-17-26(18-14-25)37-22-31(35)33-29(21-36-20-24-7-3-1-4-8-24)30(34)19-23-11-15-28(16-12-23)38-27-9-5-2-6-10-27/h1-18,29H,19-22H2,(H,33,35). The van der Waals surface area contributed by atoms with Crippen LogP contribution in [-0.2, 0) is 27.4 Å². The number of benzene rings is 4. The van der Waals surface area contributed by atoms with E-state index >= 15 is 0 Å². The number of ether oxygens (including phenoxy) is 3. The Morgan fingerprint density at radius 3 is 2.00 bits per heavy atom. The van der Waals surface area contributed by atoms with Crippen LogP contribution in [0.25, 0.3) is 0 Å². The van der Waals surface area contributed by atoms with Gasteiger partial charge in [-0.25, -0.2) is 4.39 Å². The van der Waals surface area contributed by atoms with E-state index in [1.807, 2.05) is 72.8 Å². The molecule has 38 heavy (non-hydrogen) atoms. The molecule has 4 aromatic carbocycles. The topological polar surface area (TPSA) is 73.9 Å². The molecule has 0 aliphatic rings. The third kappa shape index (κ3) is 8.57. The number of amides is 1. The molecular weight excluding hydrogens is 485 g/mol. The van der Waals surface area contributed by atoms with Gasteiger partial charge < -0.3 is 19.5 Å². The summed E-state index contributed by atoms with van der Waals surface area (Å²) in [7, 11) is 0. The van der Waals surface area contributed by atoms with E-state index in [9.17, 15) is 14.0 Å². The van der Waals surface area contributed by atoms with E-state index in [4.69, 9.17) is 14.2 Å². The van der Waals surface area contributed by atoms with Crippen LogP contribution in [0.1, 0.15) is 11.1 Å². The summed E-state index contributed by atoms with van der Waals surface area (Å²) in [6.45, 7) is -0.0110. The molecule has 1 atom stereocenters. The number of hydrogen-bond acceptors (Lipinski definition) is 5. The minimum Gasteiger partial charge on any atom is -0.484 e. The number of rotatable bonds is 13. The Bertz CT molecular complexity index is 1300. The van der Waals surface area contributed by atoms with E-state index in [1.54, 1.807) is 12.1 Å². The monoisotopic (exact) mass is 513 g/mol. The van der Waals surface area contributed by atoms with E-state index in [1.165, 1.54) is 24.3 Å². The predicted molar refractivity (Wildman–Crippen MR) is 142 cm³/mol. The second-order valence-electron chi connectivity index (χ2n) is 8.57. The summed E-state index contributed by atoms with van der Waals surface area (Å²) in [6, 6.07) is 30.7. The van der Waals surface area contributed by atoms with Crippen LogP contribution in [0.15, 0.2) is 109 Å². The molecule has 0 aliphatic heterocycles. The smallest absolute Gasteiger partial charge is 0.258 e. The highest BCUT2D eigenvalue weighted by molar-refractivity contribution is 5.91. The van der Waals surface area contributed by atoms with Crippen molar-refractivity contribution in [3.63, 3.8) is 0 Å². The fourth-order valence-corrected chi connectivity index (χ4v) is 3.62. The zero-order valence-corrected chi connectivity index (χ0v) is 20.7. The number of carbonyl (C=O) groups excluding carboxylic acids is 2. The minimum absolute atomic E-state index is 0.00518. The quantitative estimate of drug-likeness (QED) is 0.255. The van der Waals surface area contributed by atoms with Crippen LogP contribution in [0.4, 0.5) is 4.39 Å². The Labute approximate surface area is 221 Å². The number of ketones is 1. The zero-order valence-electron chi connectivity index (χ0n) is 20.7. The molecule has 0 heterocycles. The van der Waals surface area contributed by atoms with Crippen LogP contribution in [0.5, 0.6) is 17.2 Å². The van der Waals surface area contributed by atoms with Crippen molar-refractivity contribution >= 4 is 11.7 Å². The number of hydrogen-bond donors (Lipinski definition) is 1. The molecule has 4 rings (SSSR count). The number of para-hydroxylation sites is 1. The molecule has 0 saturated carbocycles. The number of Topliss-reactive ketones (excluding diaryl/α,β-unsaturated/α-hetero) is 1. The highest BCUT2D eigenvalue weighted by Crippen LogP contribution is 2.21. The molecule has 0 spiro atoms. The van der Waals surface area contributed by atoms with Crippen LogP contribution >= 0.6 is 0 Å². The van der Waals surface area contributed by atoms with E-state index in [0.717, 1.165) is 16.9 Å². The first kappa shape index (κ1) is 26.6. The maximum Gasteiger partial charge on any atom is 0.258 e. The summed E-state index contributed by atoms with van der Waals surface area (Å²) < 4.78 is 30.1. The summed E-state index contributed by atoms with van der Waals surface area (Å²) in [5.74, 6) is 0.636. The van der Waals surface area contributed by atoms with Crippen molar-refractivity contribution in [2.75, 3.05) is 13.2 Å². The molecule has 0 saturated heterocycles. The molecular formula is C31H28FNO5. The fraction of sp³-hybridized carbons (Fsp3) is 0.161. The Morgan fingerprint density at radius 2 is 1.32 bits per heavy atom. The Balaban J connectivity index is 1.35. The lowest BCUT2D eigenvalue weighted by atomic mass is 10.0. The van der Waals surface area contributed by atoms with Crippen molar-refractivity contribution in [1.82, 2.24) is 5.32 Å². The largest absolute Gasteiger partial charge is 0.484 e. The summed E-state index contributed by atoms with van der Waals surface area (Å²) >= 11 is 0. The van der Waals surface area contributed by atoms with Gasteiger partial charge in [-0.05, 0) is 59.7 Å². The fourth-order valence-electron chi connectivity index (χ4n) is 3.62. The molecule has 0 fully saturated rings. The summed E-state index contributed by atoms with van der Waals surface area (Å²) in [6.07, 6.45) is 0.101. The van der Waals surface area contributed by atoms with Gasteiger partial charge in [0.1, 0.15) is 29.1 Å². The van der Waals surface area contributed by atoms with Crippen molar-refractivity contribution in [1.29, 1.82) is 0 Å². The Morgan fingerprint density at radius 1 is 0.711 bits per heavy atom. The Kier molecular flexibility index (Phi) is 9.59. The van der Waals surface area contributed by atoms with Gasteiger partial charge in [-0.3, -0.25) is 9.59 Å². The maximum atomic E-state index is 13.2. The zero-order chi connectivity index (χ0) is 26.6. The maximum absolute atomic E-state index is 13.2. The van der Waals surface area contributed by atoms with Gasteiger partial charge in [0.25, 0.3) is 5.91 Å². The van der Waals surface area contributed by atoms with Crippen LogP contribution in [0, 0.1) is 5.82 Å². The van der Waals surface area contributed by atoms with Crippen LogP contribution in [0.3, 0.4) is 0 Å². The van der Waals surface area contributed by atoms with Gasteiger partial charge in [-0.15, -0.1) is 0 Å². The summed E-state index contributed by atoms with van der Waals surface area (Å²) in [5.41, 5.74) is 1.74. The molecule has 194 valence electrons. The summed E-state index contributed by atoms with van der Waals surface area (Å²) in [4.78, 5) is 25.7. The first-order chi connectivity index (χ1) is 18.5. The van der Waals surface area contributed by atoms with Crippen LogP contribution < -0.4 is 14.8 Å². The predicted octanol–water partition coefficient (Wildman–Crippen LogP) is 5.51. The molecule has 1 N–H and O–H groups in total. The normalized spacial score (nSPS) is 11.4. The van der Waals surface area contributed by atoms with Gasteiger partial charge in [0.05, 0.1) is 13.2 Å². The SMILES string of the molecule is O=C(COc1ccc(F)cc1)NC(COCc1ccccc1)C(=O)Cc1ccc(Oc2ccccc2)cc1. The van der Waals surface area contributed by atoms with Crippen molar-refractivity contribution < 1.29 is 28.2 Å². The van der Waals surface area contributed by atoms with E-state index in [-0.39, 0.29) is 25.4 Å². The Hall–Kier alpha value is -4.49. The van der Waals surface area contributed by atoms with Gasteiger partial charge in [0.15, 0.2) is 12.4 Å². The van der Waals surface area contributed by atoms with Gasteiger partial charge in [0.2, 0.25) is 0 Å². The average molecular weight is 514 g/mol. The lowest BCUT2D eigenvalue weighted by Crippen LogP contribution is -2.46. The summed E-state index contributed by atoms with van der Waals surface area (Å²) in [5, 5.41) is 2.71. The van der Waals surface area contributed by atoms with Gasteiger partial charge in [-0.2, -0.15) is 0 Å².